The molecule has 5 nitrogen and oxygen atoms in total. The third-order valence-electron chi connectivity index (χ3n) is 6.41. The molecule has 0 atom stereocenters. The number of carbonyl (C=O) groups is 1. The molecule has 1 amide bonds. The van der Waals surface area contributed by atoms with Crippen LogP contribution < -0.4 is 10.2 Å². The first-order valence-electron chi connectivity index (χ1n) is 11.4. The van der Waals surface area contributed by atoms with Crippen LogP contribution in [0.4, 0.5) is 14.5 Å². The number of piperazine rings is 1. The minimum atomic E-state index is -0.557. The molecule has 1 N–H and O–H groups in total. The first kappa shape index (κ1) is 23.0. The number of anilines is 1. The number of benzene rings is 2. The molecule has 0 bridgehead atoms. The van der Waals surface area contributed by atoms with Crippen molar-refractivity contribution in [1.29, 1.82) is 0 Å². The molecule has 33 heavy (non-hydrogen) atoms. The van der Waals surface area contributed by atoms with E-state index >= 15 is 0 Å². The molecule has 2 aromatic carbocycles. The first-order valence-corrected chi connectivity index (χ1v) is 11.4. The Morgan fingerprint density at radius 1 is 1.00 bits per heavy atom. The lowest BCUT2D eigenvalue weighted by Crippen LogP contribution is -2.47. The topological polar surface area (TPSA) is 40.5 Å². The van der Waals surface area contributed by atoms with Crippen molar-refractivity contribution < 1.29 is 13.6 Å². The summed E-state index contributed by atoms with van der Waals surface area (Å²) in [7, 11) is 1.98. The lowest BCUT2D eigenvalue weighted by molar-refractivity contribution is 0.0950. The van der Waals surface area contributed by atoms with Crippen molar-refractivity contribution in [3.8, 4) is 11.3 Å². The van der Waals surface area contributed by atoms with Crippen molar-refractivity contribution in [2.75, 3.05) is 44.2 Å². The van der Waals surface area contributed by atoms with Gasteiger partial charge in [0.15, 0.2) is 0 Å². The molecule has 1 aliphatic heterocycles. The van der Waals surface area contributed by atoms with Gasteiger partial charge in [-0.3, -0.25) is 9.69 Å². The average molecular weight is 453 g/mol. The van der Waals surface area contributed by atoms with E-state index in [9.17, 15) is 13.6 Å². The number of carbonyl (C=O) groups excluding carboxylic acids is 1. The zero-order valence-corrected chi connectivity index (χ0v) is 19.2. The van der Waals surface area contributed by atoms with Crippen LogP contribution in [0.2, 0.25) is 0 Å². The maximum Gasteiger partial charge on any atom is 0.253 e. The minimum absolute atomic E-state index is 0.0538. The van der Waals surface area contributed by atoms with Gasteiger partial charge in [-0.15, -0.1) is 0 Å². The van der Waals surface area contributed by atoms with Crippen molar-refractivity contribution >= 4 is 11.6 Å². The van der Waals surface area contributed by atoms with Crippen molar-refractivity contribution in [1.82, 2.24) is 14.8 Å². The van der Waals surface area contributed by atoms with Gasteiger partial charge < -0.3 is 14.8 Å². The number of halogens is 2. The highest BCUT2D eigenvalue weighted by Gasteiger charge is 2.20. The SMILES string of the molecule is Cc1c(C(=O)NCCCN2CCN(c3ccc(F)cc3F)CC2)cc(-c2ccccc2)n1C. The Morgan fingerprint density at radius 2 is 1.73 bits per heavy atom. The fourth-order valence-electron chi connectivity index (χ4n) is 4.37. The van der Waals surface area contributed by atoms with Gasteiger partial charge in [-0.2, -0.15) is 0 Å². The summed E-state index contributed by atoms with van der Waals surface area (Å²) in [6, 6.07) is 15.7. The van der Waals surface area contributed by atoms with Crippen LogP contribution >= 0.6 is 0 Å². The van der Waals surface area contributed by atoms with E-state index in [2.05, 4.69) is 10.2 Å². The summed E-state index contributed by atoms with van der Waals surface area (Å²) in [5, 5.41) is 3.04. The van der Waals surface area contributed by atoms with Crippen molar-refractivity contribution in [2.24, 2.45) is 7.05 Å². The summed E-state index contributed by atoms with van der Waals surface area (Å²) in [6.07, 6.45) is 0.841. The fourth-order valence-corrected chi connectivity index (χ4v) is 4.37. The zero-order chi connectivity index (χ0) is 23.4. The maximum atomic E-state index is 14.0. The van der Waals surface area contributed by atoms with E-state index in [1.165, 1.54) is 12.1 Å². The van der Waals surface area contributed by atoms with E-state index in [1.807, 2.05) is 59.8 Å². The number of amides is 1. The molecule has 174 valence electrons. The highest BCUT2D eigenvalue weighted by atomic mass is 19.1. The van der Waals surface area contributed by atoms with E-state index in [1.54, 1.807) is 0 Å². The molecule has 2 heterocycles. The van der Waals surface area contributed by atoms with E-state index in [0.29, 0.717) is 30.9 Å². The van der Waals surface area contributed by atoms with Crippen molar-refractivity contribution in [2.45, 2.75) is 13.3 Å². The number of hydrogen-bond donors (Lipinski definition) is 1. The Bertz CT molecular complexity index is 1100. The van der Waals surface area contributed by atoms with Gasteiger partial charge in [0.2, 0.25) is 0 Å². The summed E-state index contributed by atoms with van der Waals surface area (Å²) < 4.78 is 29.2. The van der Waals surface area contributed by atoms with E-state index in [0.717, 1.165) is 49.1 Å². The standard InChI is InChI=1S/C26H30F2N4O/c1-19-22(18-25(30(19)2)20-7-4-3-5-8-20)26(33)29-11-6-12-31-13-15-32(16-14-31)24-10-9-21(27)17-23(24)28/h3-5,7-10,17-18H,6,11-16H2,1-2H3,(H,29,33). The van der Waals surface area contributed by atoms with Crippen LogP contribution in [0.3, 0.4) is 0 Å². The Balaban J connectivity index is 1.24. The predicted molar refractivity (Wildman–Crippen MR) is 128 cm³/mol. The smallest absolute Gasteiger partial charge is 0.253 e. The van der Waals surface area contributed by atoms with Crippen LogP contribution in [0.25, 0.3) is 11.3 Å². The molecule has 4 rings (SSSR count). The summed E-state index contributed by atoms with van der Waals surface area (Å²) in [5.41, 5.74) is 4.20. The largest absolute Gasteiger partial charge is 0.367 e. The number of rotatable bonds is 7. The second kappa shape index (κ2) is 10.2. The molecular formula is C26H30F2N4O. The van der Waals surface area contributed by atoms with Gasteiger partial charge in [0.25, 0.3) is 5.91 Å². The molecular weight excluding hydrogens is 422 g/mol. The molecule has 3 aromatic rings. The number of hydrogen-bond acceptors (Lipinski definition) is 3. The quantitative estimate of drug-likeness (QED) is 0.546. The summed E-state index contributed by atoms with van der Waals surface area (Å²) in [6.45, 7) is 6.43. The van der Waals surface area contributed by atoms with Crippen LogP contribution in [0, 0.1) is 18.6 Å². The number of nitrogens with one attached hydrogen (secondary N) is 1. The van der Waals surface area contributed by atoms with Crippen LogP contribution in [0.15, 0.2) is 54.6 Å². The van der Waals surface area contributed by atoms with E-state index in [4.69, 9.17) is 0 Å². The molecule has 1 saturated heterocycles. The second-order valence-electron chi connectivity index (χ2n) is 8.49. The van der Waals surface area contributed by atoms with Crippen molar-refractivity contribution in [3.63, 3.8) is 0 Å². The van der Waals surface area contributed by atoms with Gasteiger partial charge in [-0.25, -0.2) is 8.78 Å². The maximum absolute atomic E-state index is 14.0. The molecule has 7 heteroatoms. The fraction of sp³-hybridized carbons (Fsp3) is 0.346. The van der Waals surface area contributed by atoms with E-state index in [-0.39, 0.29) is 5.91 Å². The predicted octanol–water partition coefficient (Wildman–Crippen LogP) is 4.22. The van der Waals surface area contributed by atoms with Crippen molar-refractivity contribution in [3.05, 3.63) is 77.5 Å². The molecule has 0 aliphatic carbocycles. The van der Waals surface area contributed by atoms with Crippen LogP contribution in [-0.4, -0.2) is 54.6 Å². The molecule has 1 fully saturated rings. The summed E-state index contributed by atoms with van der Waals surface area (Å²) in [4.78, 5) is 17.0. The third-order valence-corrected chi connectivity index (χ3v) is 6.41. The average Bonchev–Trinajstić information content (AvgIpc) is 3.12. The van der Waals surface area contributed by atoms with Gasteiger partial charge in [-0.1, -0.05) is 30.3 Å². The zero-order valence-electron chi connectivity index (χ0n) is 19.2. The third kappa shape index (κ3) is 5.25. The van der Waals surface area contributed by atoms with Crippen LogP contribution in [-0.2, 0) is 7.05 Å². The number of aromatic nitrogens is 1. The van der Waals surface area contributed by atoms with Gasteiger partial charge in [0, 0.05) is 57.2 Å². The summed E-state index contributed by atoms with van der Waals surface area (Å²) >= 11 is 0. The van der Waals surface area contributed by atoms with Crippen LogP contribution in [0.1, 0.15) is 22.5 Å². The van der Waals surface area contributed by atoms with Gasteiger partial charge >= 0.3 is 0 Å². The summed E-state index contributed by atoms with van der Waals surface area (Å²) in [5.74, 6) is -1.13. The normalized spacial score (nSPS) is 14.5. The molecule has 1 aromatic heterocycles. The Morgan fingerprint density at radius 3 is 2.42 bits per heavy atom. The lowest BCUT2D eigenvalue weighted by atomic mass is 10.1. The molecule has 1 aliphatic rings. The molecule has 0 unspecified atom stereocenters. The molecule has 0 spiro atoms. The van der Waals surface area contributed by atoms with Gasteiger partial charge in [0.05, 0.1) is 11.3 Å². The first-order chi connectivity index (χ1) is 15.9. The Labute approximate surface area is 193 Å². The number of nitrogens with zero attached hydrogens (tertiary/aromatic N) is 3. The van der Waals surface area contributed by atoms with E-state index < -0.39 is 11.6 Å². The highest BCUT2D eigenvalue weighted by molar-refractivity contribution is 5.97. The second-order valence-corrected chi connectivity index (χ2v) is 8.49. The lowest BCUT2D eigenvalue weighted by Gasteiger charge is -2.36. The molecule has 0 saturated carbocycles. The van der Waals surface area contributed by atoms with Crippen LogP contribution in [0.5, 0.6) is 0 Å². The Hall–Kier alpha value is -3.19. The highest BCUT2D eigenvalue weighted by Crippen LogP contribution is 2.25. The monoisotopic (exact) mass is 452 g/mol. The van der Waals surface area contributed by atoms with Gasteiger partial charge in [-0.05, 0) is 43.7 Å². The van der Waals surface area contributed by atoms with Gasteiger partial charge in [0.1, 0.15) is 11.6 Å². The molecule has 0 radical (unpaired) electrons. The minimum Gasteiger partial charge on any atom is -0.367 e. The Kier molecular flexibility index (Phi) is 7.08.